The molecule has 0 aliphatic carbocycles. The van der Waals surface area contributed by atoms with Crippen LogP contribution in [0.5, 0.6) is 11.5 Å². The van der Waals surface area contributed by atoms with Gasteiger partial charge in [-0.05, 0) is 42.9 Å². The highest BCUT2D eigenvalue weighted by molar-refractivity contribution is 9.10. The fourth-order valence-electron chi connectivity index (χ4n) is 1.84. The number of halogens is 1. The maximum absolute atomic E-state index is 12.2. The smallest absolute Gasteiger partial charge is 0.265 e. The van der Waals surface area contributed by atoms with Crippen LogP contribution in [0.25, 0.3) is 6.08 Å². The molecule has 1 aromatic carbocycles. The summed E-state index contributed by atoms with van der Waals surface area (Å²) in [5.74, 6) is -0.823. The number of carbonyl (C=O) groups excluding carboxylic acids is 2. The highest BCUT2D eigenvalue weighted by atomic mass is 79.9. The van der Waals surface area contributed by atoms with Crippen LogP contribution in [-0.2, 0) is 9.59 Å². The molecule has 0 unspecified atom stereocenters. The summed E-state index contributed by atoms with van der Waals surface area (Å²) in [4.78, 5) is 25.3. The summed E-state index contributed by atoms with van der Waals surface area (Å²) in [5.41, 5.74) is 0.478. The largest absolute Gasteiger partial charge is 0.504 e. The summed E-state index contributed by atoms with van der Waals surface area (Å²) in [6.07, 6.45) is 1.42. The zero-order valence-electron chi connectivity index (χ0n) is 11.8. The Morgan fingerprint density at radius 1 is 1.45 bits per heavy atom. The monoisotopic (exact) mass is 384 g/mol. The van der Waals surface area contributed by atoms with Gasteiger partial charge in [0.25, 0.3) is 11.8 Å². The van der Waals surface area contributed by atoms with E-state index in [0.29, 0.717) is 16.6 Å². The molecule has 1 heterocycles. The molecule has 2 rings (SSSR count). The second kappa shape index (κ2) is 6.45. The lowest BCUT2D eigenvalue weighted by molar-refractivity contribution is -0.128. The fourth-order valence-corrected chi connectivity index (χ4v) is 2.46. The van der Waals surface area contributed by atoms with Crippen molar-refractivity contribution in [1.29, 1.82) is 0 Å². The molecular weight excluding hydrogens is 372 g/mol. The Balaban J connectivity index is 2.48. The van der Waals surface area contributed by atoms with Crippen molar-refractivity contribution in [3.05, 3.63) is 27.7 Å². The van der Waals surface area contributed by atoms with Gasteiger partial charge in [-0.3, -0.25) is 19.8 Å². The molecule has 6 nitrogen and oxygen atoms in total. The number of rotatable bonds is 3. The highest BCUT2D eigenvalue weighted by Crippen LogP contribution is 2.34. The number of hydrogen-bond acceptors (Lipinski definition) is 5. The van der Waals surface area contributed by atoms with Crippen molar-refractivity contribution in [3.63, 3.8) is 0 Å². The van der Waals surface area contributed by atoms with E-state index < -0.39 is 11.8 Å². The van der Waals surface area contributed by atoms with E-state index in [9.17, 15) is 14.7 Å². The molecule has 22 heavy (non-hydrogen) atoms. The predicted octanol–water partition coefficient (Wildman–Crippen LogP) is 1.81. The van der Waals surface area contributed by atoms with E-state index in [1.807, 2.05) is 0 Å². The van der Waals surface area contributed by atoms with Crippen LogP contribution in [0.4, 0.5) is 0 Å². The standard InChI is InChI=1S/C14H13BrN2O4S/c1-3-21-11-5-7(9(15)6-10(11)18)4-8-12(19)16-14(22)17(2)13(8)20/h4-6,18H,3H2,1-2H3,(H,16,19,22)/b8-4+. The summed E-state index contributed by atoms with van der Waals surface area (Å²) in [6.45, 7) is 2.16. The number of nitrogens with zero attached hydrogens (tertiary/aromatic N) is 1. The van der Waals surface area contributed by atoms with Crippen molar-refractivity contribution in [2.45, 2.75) is 6.92 Å². The molecule has 0 aromatic heterocycles. The number of thiocarbonyl (C=S) groups is 1. The third-order valence-electron chi connectivity index (χ3n) is 2.98. The molecule has 0 bridgehead atoms. The average Bonchev–Trinajstić information content (AvgIpc) is 2.45. The summed E-state index contributed by atoms with van der Waals surface area (Å²) >= 11 is 8.17. The predicted molar refractivity (Wildman–Crippen MR) is 88.5 cm³/mol. The molecule has 8 heteroatoms. The first-order chi connectivity index (χ1) is 10.3. The summed E-state index contributed by atoms with van der Waals surface area (Å²) < 4.78 is 5.82. The quantitative estimate of drug-likeness (QED) is 0.472. The van der Waals surface area contributed by atoms with E-state index in [4.69, 9.17) is 17.0 Å². The number of phenolic OH excluding ortho intramolecular Hbond substituents is 1. The van der Waals surface area contributed by atoms with Gasteiger partial charge in [0.2, 0.25) is 0 Å². The van der Waals surface area contributed by atoms with Crippen molar-refractivity contribution in [2.24, 2.45) is 0 Å². The number of likely N-dealkylation sites (N-methyl/N-ethyl adjacent to an activating group) is 1. The lowest BCUT2D eigenvalue weighted by Crippen LogP contribution is -2.52. The van der Waals surface area contributed by atoms with Crippen molar-refractivity contribution < 1.29 is 19.4 Å². The van der Waals surface area contributed by atoms with Gasteiger partial charge in [-0.25, -0.2) is 0 Å². The zero-order chi connectivity index (χ0) is 16.4. The molecule has 1 aliphatic heterocycles. The SMILES string of the molecule is CCOc1cc(/C=C2\C(=O)NC(=S)N(C)C2=O)c(Br)cc1O. The van der Waals surface area contributed by atoms with Crippen molar-refractivity contribution in [2.75, 3.05) is 13.7 Å². The Hall–Kier alpha value is -1.93. The summed E-state index contributed by atoms with van der Waals surface area (Å²) in [7, 11) is 1.48. The second-order valence-corrected chi connectivity index (χ2v) is 5.70. The third-order valence-corrected chi connectivity index (χ3v) is 4.05. The molecular formula is C14H13BrN2O4S. The van der Waals surface area contributed by atoms with E-state index in [1.165, 1.54) is 24.1 Å². The van der Waals surface area contributed by atoms with Gasteiger partial charge in [0, 0.05) is 11.5 Å². The first-order valence-corrected chi connectivity index (χ1v) is 7.55. The molecule has 1 saturated heterocycles. The number of amides is 2. The molecule has 0 saturated carbocycles. The van der Waals surface area contributed by atoms with Crippen molar-refractivity contribution >= 4 is 51.2 Å². The van der Waals surface area contributed by atoms with Gasteiger partial charge >= 0.3 is 0 Å². The Kier molecular flexibility index (Phi) is 4.82. The Bertz CT molecular complexity index is 702. The van der Waals surface area contributed by atoms with E-state index in [0.717, 1.165) is 0 Å². The molecule has 116 valence electrons. The molecule has 0 atom stereocenters. The highest BCUT2D eigenvalue weighted by Gasteiger charge is 2.31. The maximum Gasteiger partial charge on any atom is 0.265 e. The summed E-state index contributed by atoms with van der Waals surface area (Å²) in [5, 5.41) is 12.3. The van der Waals surface area contributed by atoms with E-state index in [-0.39, 0.29) is 22.2 Å². The van der Waals surface area contributed by atoms with Gasteiger partial charge < -0.3 is 9.84 Å². The van der Waals surface area contributed by atoms with Crippen LogP contribution in [-0.4, -0.2) is 40.6 Å². The first kappa shape index (κ1) is 16.4. The molecule has 1 aromatic rings. The van der Waals surface area contributed by atoms with E-state index in [1.54, 1.807) is 13.0 Å². The molecule has 0 spiro atoms. The zero-order valence-corrected chi connectivity index (χ0v) is 14.2. The van der Waals surface area contributed by atoms with Crippen LogP contribution in [0.3, 0.4) is 0 Å². The maximum atomic E-state index is 12.2. The summed E-state index contributed by atoms with van der Waals surface area (Å²) in [6, 6.07) is 2.99. The van der Waals surface area contributed by atoms with Crippen LogP contribution in [0.15, 0.2) is 22.2 Å². The molecule has 2 N–H and O–H groups in total. The number of nitrogens with one attached hydrogen (secondary N) is 1. The van der Waals surface area contributed by atoms with Crippen LogP contribution in [0, 0.1) is 0 Å². The molecule has 2 amide bonds. The Labute approximate surface area is 140 Å². The first-order valence-electron chi connectivity index (χ1n) is 6.35. The van der Waals surface area contributed by atoms with Gasteiger partial charge in [-0.15, -0.1) is 0 Å². The Morgan fingerprint density at radius 3 is 2.77 bits per heavy atom. The third kappa shape index (κ3) is 3.12. The van der Waals surface area contributed by atoms with Crippen LogP contribution in [0.2, 0.25) is 0 Å². The topological polar surface area (TPSA) is 78.9 Å². The number of aromatic hydroxyl groups is 1. The van der Waals surface area contributed by atoms with Crippen LogP contribution in [0.1, 0.15) is 12.5 Å². The van der Waals surface area contributed by atoms with Gasteiger partial charge in [-0.2, -0.15) is 0 Å². The van der Waals surface area contributed by atoms with Gasteiger partial charge in [0.1, 0.15) is 5.57 Å². The fraction of sp³-hybridized carbons (Fsp3) is 0.214. The van der Waals surface area contributed by atoms with Crippen molar-refractivity contribution in [3.8, 4) is 11.5 Å². The normalized spacial score (nSPS) is 17.0. The Morgan fingerprint density at radius 2 is 2.14 bits per heavy atom. The minimum atomic E-state index is -0.564. The van der Waals surface area contributed by atoms with Crippen molar-refractivity contribution in [1.82, 2.24) is 10.2 Å². The van der Waals surface area contributed by atoms with Crippen LogP contribution < -0.4 is 10.1 Å². The van der Waals surface area contributed by atoms with Gasteiger partial charge in [-0.1, -0.05) is 15.9 Å². The lowest BCUT2D eigenvalue weighted by atomic mass is 10.1. The van der Waals surface area contributed by atoms with E-state index >= 15 is 0 Å². The molecule has 0 radical (unpaired) electrons. The average molecular weight is 385 g/mol. The lowest BCUT2D eigenvalue weighted by Gasteiger charge is -2.25. The number of carbonyl (C=O) groups is 2. The number of phenols is 1. The van der Waals surface area contributed by atoms with Gasteiger partial charge in [0.05, 0.1) is 6.61 Å². The molecule has 1 aliphatic rings. The number of benzene rings is 1. The minimum Gasteiger partial charge on any atom is -0.504 e. The number of ether oxygens (including phenoxy) is 1. The minimum absolute atomic E-state index is 0.0337. The number of hydrogen-bond donors (Lipinski definition) is 2. The molecule has 1 fully saturated rings. The van der Waals surface area contributed by atoms with Gasteiger partial charge in [0.15, 0.2) is 16.6 Å². The second-order valence-electron chi connectivity index (χ2n) is 4.46. The van der Waals surface area contributed by atoms with E-state index in [2.05, 4.69) is 21.2 Å². The van der Waals surface area contributed by atoms with Crippen LogP contribution >= 0.6 is 28.1 Å².